The maximum Gasteiger partial charge on any atom is 0.224 e. The molecule has 1 amide bonds. The zero-order chi connectivity index (χ0) is 17.1. The lowest BCUT2D eigenvalue weighted by Gasteiger charge is -2.11. The van der Waals surface area contributed by atoms with Crippen LogP contribution in [0, 0.1) is 6.92 Å². The van der Waals surface area contributed by atoms with Gasteiger partial charge in [-0.3, -0.25) is 14.4 Å². The summed E-state index contributed by atoms with van der Waals surface area (Å²) in [5.74, 6) is -0.487. The first-order chi connectivity index (χ1) is 10.9. The Morgan fingerprint density at radius 3 is 2.74 bits per heavy atom. The first-order valence-corrected chi connectivity index (χ1v) is 7.02. The van der Waals surface area contributed by atoms with E-state index in [0.29, 0.717) is 12.8 Å². The Morgan fingerprint density at radius 1 is 1.48 bits per heavy atom. The summed E-state index contributed by atoms with van der Waals surface area (Å²) in [4.78, 5) is 35.6. The molecule has 0 aliphatic heterocycles. The lowest BCUT2D eigenvalue weighted by atomic mass is 10.0. The number of hydrogen-bond donors (Lipinski definition) is 2. The summed E-state index contributed by atoms with van der Waals surface area (Å²) in [6.45, 7) is 3.76. The van der Waals surface area contributed by atoms with Crippen molar-refractivity contribution in [2.75, 3.05) is 13.7 Å². The molecule has 0 radical (unpaired) electrons. The van der Waals surface area contributed by atoms with Crippen molar-refractivity contribution in [2.45, 2.75) is 20.3 Å². The van der Waals surface area contributed by atoms with Gasteiger partial charge in [0, 0.05) is 12.1 Å². The fourth-order valence-electron chi connectivity index (χ4n) is 2.36. The van der Waals surface area contributed by atoms with Crippen LogP contribution in [0.3, 0.4) is 0 Å². The summed E-state index contributed by atoms with van der Waals surface area (Å²) in [6, 6.07) is 1.30. The second-order valence-corrected chi connectivity index (χ2v) is 4.93. The Hall–Kier alpha value is -2.83. The number of ether oxygens (including phenoxy) is 1. The van der Waals surface area contributed by atoms with Gasteiger partial charge in [0.15, 0.2) is 28.8 Å². The minimum absolute atomic E-state index is 0.0142. The number of aryl methyl sites for hydroxylation is 1. The van der Waals surface area contributed by atoms with Crippen molar-refractivity contribution >= 4 is 23.2 Å². The predicted octanol–water partition coefficient (Wildman–Crippen LogP) is 1.31. The summed E-state index contributed by atoms with van der Waals surface area (Å²) < 4.78 is 10.5. The van der Waals surface area contributed by atoms with E-state index in [1.54, 1.807) is 6.92 Å². The third-order valence-corrected chi connectivity index (χ3v) is 3.50. The summed E-state index contributed by atoms with van der Waals surface area (Å²) in [5.41, 5.74) is -0.422. The van der Waals surface area contributed by atoms with Crippen molar-refractivity contribution in [1.29, 1.82) is 0 Å². The quantitative estimate of drug-likeness (QED) is 0.805. The van der Waals surface area contributed by atoms with Crippen LogP contribution in [-0.4, -0.2) is 31.0 Å². The van der Waals surface area contributed by atoms with Crippen LogP contribution in [-0.2, 0) is 11.2 Å². The van der Waals surface area contributed by atoms with Crippen molar-refractivity contribution in [1.82, 2.24) is 5.32 Å². The number of carbonyl (C=O) groups is 2. The molecule has 0 aliphatic carbocycles. The third-order valence-electron chi connectivity index (χ3n) is 3.50. The van der Waals surface area contributed by atoms with Crippen molar-refractivity contribution in [3.05, 3.63) is 33.2 Å². The Balaban J connectivity index is 2.75. The highest BCUT2D eigenvalue weighted by Crippen LogP contribution is 2.35. The molecule has 7 heteroatoms. The van der Waals surface area contributed by atoms with E-state index >= 15 is 0 Å². The maximum absolute atomic E-state index is 12.6. The molecule has 0 saturated heterocycles. The van der Waals surface area contributed by atoms with Gasteiger partial charge in [-0.2, -0.15) is 0 Å². The van der Waals surface area contributed by atoms with E-state index in [9.17, 15) is 19.5 Å². The molecule has 0 bridgehead atoms. The molecule has 0 atom stereocenters. The standard InChI is InChI=1S/C16H17NO6/c1-4-17-13(19)6-9-8(2)23-16-10(14(9)20)5-12(22-3)15(21)11(16)7-18/h5,7,21H,4,6H2,1-3H3,(H,17,19). The molecule has 1 aromatic heterocycles. The van der Waals surface area contributed by atoms with Crippen LogP contribution in [0.5, 0.6) is 11.5 Å². The average Bonchev–Trinajstić information content (AvgIpc) is 2.51. The Kier molecular flexibility index (Phi) is 4.68. The maximum atomic E-state index is 12.6. The van der Waals surface area contributed by atoms with Gasteiger partial charge in [0.25, 0.3) is 0 Å². The number of aldehydes is 1. The zero-order valence-corrected chi connectivity index (χ0v) is 13.1. The Morgan fingerprint density at radius 2 is 2.17 bits per heavy atom. The number of phenols is 1. The van der Waals surface area contributed by atoms with Crippen LogP contribution < -0.4 is 15.5 Å². The van der Waals surface area contributed by atoms with Crippen molar-refractivity contribution < 1.29 is 23.8 Å². The molecular formula is C16H17NO6. The van der Waals surface area contributed by atoms with Gasteiger partial charge in [0.05, 0.1) is 18.9 Å². The number of aromatic hydroxyl groups is 1. The van der Waals surface area contributed by atoms with Crippen LogP contribution in [0.25, 0.3) is 11.0 Å². The van der Waals surface area contributed by atoms with Gasteiger partial charge in [0.1, 0.15) is 11.3 Å². The highest BCUT2D eigenvalue weighted by atomic mass is 16.5. The number of carbonyl (C=O) groups excluding carboxylic acids is 2. The summed E-state index contributed by atoms with van der Waals surface area (Å²) in [5, 5.41) is 12.7. The summed E-state index contributed by atoms with van der Waals surface area (Å²) in [6.07, 6.45) is 0.267. The van der Waals surface area contributed by atoms with Crippen LogP contribution >= 0.6 is 0 Å². The Bertz CT molecular complexity index is 837. The minimum Gasteiger partial charge on any atom is -0.504 e. The number of benzene rings is 1. The van der Waals surface area contributed by atoms with E-state index in [1.807, 2.05) is 0 Å². The van der Waals surface area contributed by atoms with Gasteiger partial charge in [-0.15, -0.1) is 0 Å². The third kappa shape index (κ3) is 2.90. The topological polar surface area (TPSA) is 106 Å². The number of amides is 1. The molecule has 0 spiro atoms. The highest BCUT2D eigenvalue weighted by Gasteiger charge is 2.21. The molecule has 0 unspecified atom stereocenters. The molecule has 1 aromatic carbocycles. The highest BCUT2D eigenvalue weighted by molar-refractivity contribution is 5.99. The average molecular weight is 319 g/mol. The Labute approximate surface area is 131 Å². The second-order valence-electron chi connectivity index (χ2n) is 4.93. The summed E-state index contributed by atoms with van der Waals surface area (Å²) in [7, 11) is 1.31. The van der Waals surface area contributed by atoms with Crippen LogP contribution in [0.15, 0.2) is 15.3 Å². The number of fused-ring (bicyclic) bond motifs is 1. The lowest BCUT2D eigenvalue weighted by molar-refractivity contribution is -0.120. The van der Waals surface area contributed by atoms with Crippen LogP contribution in [0.1, 0.15) is 28.6 Å². The van der Waals surface area contributed by atoms with E-state index in [0.717, 1.165) is 0 Å². The van der Waals surface area contributed by atoms with Crippen molar-refractivity contribution in [3.63, 3.8) is 0 Å². The molecule has 2 aromatic rings. The number of hydrogen-bond acceptors (Lipinski definition) is 6. The van der Waals surface area contributed by atoms with Crippen LogP contribution in [0.2, 0.25) is 0 Å². The fourth-order valence-corrected chi connectivity index (χ4v) is 2.36. The molecule has 23 heavy (non-hydrogen) atoms. The molecule has 2 N–H and O–H groups in total. The number of rotatable bonds is 5. The first-order valence-electron chi connectivity index (χ1n) is 7.02. The van der Waals surface area contributed by atoms with Crippen LogP contribution in [0.4, 0.5) is 0 Å². The first kappa shape index (κ1) is 16.5. The van der Waals surface area contributed by atoms with E-state index in [4.69, 9.17) is 9.15 Å². The number of methoxy groups -OCH3 is 1. The van der Waals surface area contributed by atoms with Gasteiger partial charge in [-0.05, 0) is 19.9 Å². The molecule has 2 rings (SSSR count). The molecule has 0 aliphatic rings. The van der Waals surface area contributed by atoms with Gasteiger partial charge >= 0.3 is 0 Å². The van der Waals surface area contributed by atoms with Gasteiger partial charge in [-0.1, -0.05) is 0 Å². The van der Waals surface area contributed by atoms with E-state index in [2.05, 4.69) is 5.32 Å². The fraction of sp³-hybridized carbons (Fsp3) is 0.312. The van der Waals surface area contributed by atoms with Gasteiger partial charge in [0.2, 0.25) is 5.91 Å². The smallest absolute Gasteiger partial charge is 0.224 e. The number of nitrogens with one attached hydrogen (secondary N) is 1. The molecule has 1 heterocycles. The molecule has 0 saturated carbocycles. The van der Waals surface area contributed by atoms with E-state index < -0.39 is 11.2 Å². The second kappa shape index (κ2) is 6.51. The predicted molar refractivity (Wildman–Crippen MR) is 83.2 cm³/mol. The molecule has 122 valence electrons. The molecule has 7 nitrogen and oxygen atoms in total. The number of likely N-dealkylation sites (N-methyl/N-ethyl adjacent to an activating group) is 1. The van der Waals surface area contributed by atoms with Gasteiger partial charge < -0.3 is 19.6 Å². The minimum atomic E-state index is -0.434. The van der Waals surface area contributed by atoms with Crippen molar-refractivity contribution in [2.24, 2.45) is 0 Å². The van der Waals surface area contributed by atoms with Gasteiger partial charge in [-0.25, -0.2) is 0 Å². The summed E-state index contributed by atoms with van der Waals surface area (Å²) >= 11 is 0. The SMILES string of the molecule is CCNC(=O)Cc1c(C)oc2c(C=O)c(O)c(OC)cc2c1=O. The monoisotopic (exact) mass is 319 g/mol. The van der Waals surface area contributed by atoms with Crippen molar-refractivity contribution in [3.8, 4) is 11.5 Å². The molecule has 0 fully saturated rings. The normalized spacial score (nSPS) is 10.6. The zero-order valence-electron chi connectivity index (χ0n) is 13.1. The molecular weight excluding hydrogens is 302 g/mol. The lowest BCUT2D eigenvalue weighted by Crippen LogP contribution is -2.27. The largest absolute Gasteiger partial charge is 0.504 e. The number of phenolic OH excluding ortho intramolecular Hbond substituents is 1. The van der Waals surface area contributed by atoms with E-state index in [-0.39, 0.29) is 45.9 Å². The van der Waals surface area contributed by atoms with E-state index in [1.165, 1.54) is 20.1 Å².